The Kier molecular flexibility index (Phi) is 3.29. The van der Waals surface area contributed by atoms with Crippen LogP contribution in [-0.4, -0.2) is 28.0 Å². The fraction of sp³-hybridized carbons (Fsp3) is 0.333. The Bertz CT molecular complexity index is 785. The quantitative estimate of drug-likeness (QED) is 0.778. The van der Waals surface area contributed by atoms with Gasteiger partial charge in [-0.2, -0.15) is 0 Å². The van der Waals surface area contributed by atoms with Crippen LogP contribution in [0.15, 0.2) is 36.4 Å². The lowest BCUT2D eigenvalue weighted by Gasteiger charge is -2.29. The standard InChI is InChI=1S/C18H20N4/c1-13-12-15(22-10-6-3-7-11-22)16-18(19-13)21-17(20-16)14-8-4-2-5-9-14/h2,4-5,8-9,12H,3,6-7,10-11H2,1H3,(H,19,20,21). The molecule has 3 heterocycles. The zero-order valence-corrected chi connectivity index (χ0v) is 12.8. The number of piperidine rings is 1. The molecule has 22 heavy (non-hydrogen) atoms. The lowest BCUT2D eigenvalue weighted by atomic mass is 10.1. The van der Waals surface area contributed by atoms with Crippen LogP contribution in [0.5, 0.6) is 0 Å². The maximum atomic E-state index is 4.71. The fourth-order valence-electron chi connectivity index (χ4n) is 3.21. The van der Waals surface area contributed by atoms with Gasteiger partial charge in [-0.05, 0) is 32.3 Å². The molecule has 4 heteroatoms. The lowest BCUT2D eigenvalue weighted by molar-refractivity contribution is 0.578. The van der Waals surface area contributed by atoms with E-state index in [1.807, 2.05) is 25.1 Å². The molecule has 1 N–H and O–H groups in total. The number of aromatic nitrogens is 3. The van der Waals surface area contributed by atoms with Gasteiger partial charge in [0.25, 0.3) is 0 Å². The summed E-state index contributed by atoms with van der Waals surface area (Å²) in [6.45, 7) is 4.29. The summed E-state index contributed by atoms with van der Waals surface area (Å²) < 4.78 is 0. The smallest absolute Gasteiger partial charge is 0.180 e. The third-order valence-corrected chi connectivity index (χ3v) is 4.31. The largest absolute Gasteiger partial charge is 0.370 e. The first-order valence-electron chi connectivity index (χ1n) is 7.99. The molecule has 4 rings (SSSR count). The minimum absolute atomic E-state index is 0.819. The molecule has 0 aliphatic carbocycles. The van der Waals surface area contributed by atoms with Gasteiger partial charge < -0.3 is 9.88 Å². The van der Waals surface area contributed by atoms with Crippen molar-refractivity contribution < 1.29 is 0 Å². The molecule has 0 bridgehead atoms. The summed E-state index contributed by atoms with van der Waals surface area (Å²) in [5.74, 6) is 0.895. The minimum Gasteiger partial charge on any atom is -0.370 e. The van der Waals surface area contributed by atoms with Crippen LogP contribution in [0.25, 0.3) is 22.6 Å². The molecule has 0 saturated carbocycles. The van der Waals surface area contributed by atoms with Crippen LogP contribution in [0, 0.1) is 6.92 Å². The van der Waals surface area contributed by atoms with E-state index in [0.717, 1.165) is 41.3 Å². The van der Waals surface area contributed by atoms with Crippen molar-refractivity contribution in [3.63, 3.8) is 0 Å². The zero-order chi connectivity index (χ0) is 14.9. The highest BCUT2D eigenvalue weighted by Crippen LogP contribution is 2.29. The average molecular weight is 292 g/mol. The first-order valence-corrected chi connectivity index (χ1v) is 7.99. The van der Waals surface area contributed by atoms with Crippen LogP contribution >= 0.6 is 0 Å². The maximum Gasteiger partial charge on any atom is 0.180 e. The number of benzene rings is 1. The first kappa shape index (κ1) is 13.3. The summed E-state index contributed by atoms with van der Waals surface area (Å²) in [7, 11) is 0. The second-order valence-corrected chi connectivity index (χ2v) is 5.98. The van der Waals surface area contributed by atoms with E-state index >= 15 is 0 Å². The van der Waals surface area contributed by atoms with Crippen LogP contribution < -0.4 is 4.90 Å². The van der Waals surface area contributed by atoms with Gasteiger partial charge in [0.05, 0.1) is 5.69 Å². The summed E-state index contributed by atoms with van der Waals surface area (Å²) in [6, 6.07) is 12.4. The molecular weight excluding hydrogens is 272 g/mol. The van der Waals surface area contributed by atoms with Gasteiger partial charge >= 0.3 is 0 Å². The van der Waals surface area contributed by atoms with Crippen LogP contribution in [0.2, 0.25) is 0 Å². The van der Waals surface area contributed by atoms with Gasteiger partial charge in [0.15, 0.2) is 5.65 Å². The number of fused-ring (bicyclic) bond motifs is 1. The molecule has 0 unspecified atom stereocenters. The number of rotatable bonds is 2. The average Bonchev–Trinajstić information content (AvgIpc) is 2.99. The van der Waals surface area contributed by atoms with E-state index in [1.165, 1.54) is 24.9 Å². The van der Waals surface area contributed by atoms with Crippen molar-refractivity contribution in [1.29, 1.82) is 0 Å². The Hall–Kier alpha value is -2.36. The molecular formula is C18H20N4. The molecule has 3 aromatic rings. The fourth-order valence-corrected chi connectivity index (χ4v) is 3.21. The highest BCUT2D eigenvalue weighted by atomic mass is 15.2. The number of aromatic amines is 1. The third-order valence-electron chi connectivity index (χ3n) is 4.31. The van der Waals surface area contributed by atoms with Crippen molar-refractivity contribution in [3.8, 4) is 11.4 Å². The Labute approximate surface area is 130 Å². The maximum absolute atomic E-state index is 4.71. The van der Waals surface area contributed by atoms with Crippen LogP contribution in [0.4, 0.5) is 5.69 Å². The third kappa shape index (κ3) is 2.34. The predicted octanol–water partition coefficient (Wildman–Crippen LogP) is 3.92. The van der Waals surface area contributed by atoms with Crippen molar-refractivity contribution >= 4 is 16.9 Å². The molecule has 1 aliphatic heterocycles. The summed E-state index contributed by atoms with van der Waals surface area (Å²) in [6.07, 6.45) is 3.87. The van der Waals surface area contributed by atoms with Crippen molar-refractivity contribution in [2.24, 2.45) is 0 Å². The molecule has 4 nitrogen and oxygen atoms in total. The second-order valence-electron chi connectivity index (χ2n) is 5.98. The molecule has 0 spiro atoms. The molecule has 1 saturated heterocycles. The molecule has 1 fully saturated rings. The summed E-state index contributed by atoms with van der Waals surface area (Å²) in [5, 5.41) is 0. The Balaban J connectivity index is 1.84. The Morgan fingerprint density at radius 3 is 2.55 bits per heavy atom. The van der Waals surface area contributed by atoms with E-state index in [9.17, 15) is 0 Å². The van der Waals surface area contributed by atoms with Gasteiger partial charge in [-0.3, -0.25) is 0 Å². The van der Waals surface area contributed by atoms with E-state index in [1.54, 1.807) is 0 Å². The number of anilines is 1. The SMILES string of the molecule is Cc1cc(N2CCCCC2)c2[nH]c(-c3ccccc3)nc2n1. The lowest BCUT2D eigenvalue weighted by Crippen LogP contribution is -2.29. The number of aryl methyl sites for hydroxylation is 1. The summed E-state index contributed by atoms with van der Waals surface area (Å²) in [5.41, 5.74) is 5.25. The Morgan fingerprint density at radius 2 is 1.77 bits per heavy atom. The predicted molar refractivity (Wildman–Crippen MR) is 90.1 cm³/mol. The topological polar surface area (TPSA) is 44.8 Å². The monoisotopic (exact) mass is 292 g/mol. The molecule has 0 atom stereocenters. The molecule has 112 valence electrons. The Morgan fingerprint density at radius 1 is 1.00 bits per heavy atom. The van der Waals surface area contributed by atoms with Crippen molar-refractivity contribution in [2.45, 2.75) is 26.2 Å². The van der Waals surface area contributed by atoms with Gasteiger partial charge in [-0.25, -0.2) is 9.97 Å². The molecule has 0 radical (unpaired) electrons. The van der Waals surface area contributed by atoms with Gasteiger partial charge in [-0.15, -0.1) is 0 Å². The van der Waals surface area contributed by atoms with Gasteiger partial charge in [0.2, 0.25) is 0 Å². The van der Waals surface area contributed by atoms with Gasteiger partial charge in [0.1, 0.15) is 11.3 Å². The summed E-state index contributed by atoms with van der Waals surface area (Å²) in [4.78, 5) is 15.3. The van der Waals surface area contributed by atoms with E-state index in [2.05, 4.69) is 33.1 Å². The number of imidazole rings is 1. The number of hydrogen-bond donors (Lipinski definition) is 1. The first-order chi connectivity index (χ1) is 10.8. The van der Waals surface area contributed by atoms with Crippen LogP contribution in [-0.2, 0) is 0 Å². The normalized spacial score (nSPS) is 15.4. The van der Waals surface area contributed by atoms with Crippen molar-refractivity contribution in [1.82, 2.24) is 15.0 Å². The number of nitrogens with one attached hydrogen (secondary N) is 1. The summed E-state index contributed by atoms with van der Waals surface area (Å²) >= 11 is 0. The van der Waals surface area contributed by atoms with Gasteiger partial charge in [0, 0.05) is 24.3 Å². The number of H-pyrrole nitrogens is 1. The van der Waals surface area contributed by atoms with E-state index in [0.29, 0.717) is 0 Å². The molecule has 0 amide bonds. The number of hydrogen-bond acceptors (Lipinski definition) is 3. The molecule has 2 aromatic heterocycles. The van der Waals surface area contributed by atoms with E-state index < -0.39 is 0 Å². The van der Waals surface area contributed by atoms with Gasteiger partial charge in [-0.1, -0.05) is 30.3 Å². The number of pyridine rings is 1. The molecule has 1 aromatic carbocycles. The van der Waals surface area contributed by atoms with Crippen molar-refractivity contribution in [2.75, 3.05) is 18.0 Å². The van der Waals surface area contributed by atoms with E-state index in [-0.39, 0.29) is 0 Å². The number of nitrogens with zero attached hydrogens (tertiary/aromatic N) is 3. The zero-order valence-electron chi connectivity index (χ0n) is 12.8. The van der Waals surface area contributed by atoms with Crippen molar-refractivity contribution in [3.05, 3.63) is 42.1 Å². The van der Waals surface area contributed by atoms with Crippen LogP contribution in [0.1, 0.15) is 25.0 Å². The highest BCUT2D eigenvalue weighted by molar-refractivity contribution is 5.88. The minimum atomic E-state index is 0.819. The second kappa shape index (κ2) is 5.44. The highest BCUT2D eigenvalue weighted by Gasteiger charge is 2.17. The molecule has 1 aliphatic rings. The van der Waals surface area contributed by atoms with Crippen LogP contribution in [0.3, 0.4) is 0 Å². The van der Waals surface area contributed by atoms with E-state index in [4.69, 9.17) is 4.98 Å².